The van der Waals surface area contributed by atoms with Gasteiger partial charge in [-0.2, -0.15) is 0 Å². The van der Waals surface area contributed by atoms with Crippen molar-refractivity contribution in [2.75, 3.05) is 61.8 Å². The number of carbonyl (C=O) groups excluding carboxylic acids is 3. The van der Waals surface area contributed by atoms with E-state index in [0.717, 1.165) is 62.1 Å². The van der Waals surface area contributed by atoms with Gasteiger partial charge in [0, 0.05) is 54.7 Å². The highest BCUT2D eigenvalue weighted by Gasteiger charge is 2.19. The molecule has 6 aromatic rings. The predicted molar refractivity (Wildman–Crippen MR) is 260 cm³/mol. The topological polar surface area (TPSA) is 158 Å². The fourth-order valence-corrected chi connectivity index (χ4v) is 8.05. The van der Waals surface area contributed by atoms with E-state index < -0.39 is 0 Å². The van der Waals surface area contributed by atoms with Gasteiger partial charge in [-0.1, -0.05) is 59.6 Å². The Morgan fingerprint density at radius 2 is 0.985 bits per heavy atom. The standard InChI is InChI=1S/C19H22N2O2.2C16H16ClN3O/c1-2-23-18-9-5-15(6-10-18)19(22)21-17-7-3-14(4-8-17)16-11-12-20-13-16;17-13-3-6-15(19-10-13)16(21)20-14-4-1-11(2-5-14)12-7-8-18-9-12;17-15-6-3-13(10-19-15)16(21)20-14-4-1-11(2-5-14)12-7-8-18-9-12/h3-10,16,20H,2,11-13H2,1H3,(H,21,22);2*1-6,10,12,18H,7-9H2,(H,20,21). The number of nitrogens with one attached hydrogen (secondary N) is 6. The third-order valence-corrected chi connectivity index (χ3v) is 11.9. The van der Waals surface area contributed by atoms with E-state index in [2.05, 4.69) is 78.3 Å². The van der Waals surface area contributed by atoms with Crippen molar-refractivity contribution in [2.24, 2.45) is 0 Å². The van der Waals surface area contributed by atoms with Gasteiger partial charge in [-0.15, -0.1) is 0 Å². The van der Waals surface area contributed by atoms with Crippen LogP contribution in [0, 0.1) is 0 Å². The lowest BCUT2D eigenvalue weighted by atomic mass is 9.98. The van der Waals surface area contributed by atoms with Gasteiger partial charge in [0.05, 0.1) is 17.2 Å². The van der Waals surface area contributed by atoms with Crippen molar-refractivity contribution in [3.8, 4) is 5.75 Å². The Labute approximate surface area is 390 Å². The first-order chi connectivity index (χ1) is 31.7. The number of aromatic nitrogens is 2. The molecule has 336 valence electrons. The van der Waals surface area contributed by atoms with Gasteiger partial charge >= 0.3 is 0 Å². The van der Waals surface area contributed by atoms with Crippen LogP contribution >= 0.6 is 23.2 Å². The number of amides is 3. The quantitative estimate of drug-likeness (QED) is 0.0697. The molecule has 3 atom stereocenters. The predicted octanol–water partition coefficient (Wildman–Crippen LogP) is 9.54. The van der Waals surface area contributed by atoms with Crippen LogP contribution in [0.3, 0.4) is 0 Å². The normalized spacial score (nSPS) is 17.4. The lowest BCUT2D eigenvalue weighted by molar-refractivity contribution is 0.101. The van der Waals surface area contributed by atoms with Crippen LogP contribution in [0.2, 0.25) is 10.2 Å². The molecule has 3 fully saturated rings. The second-order valence-electron chi connectivity index (χ2n) is 16.0. The Kier molecular flexibility index (Phi) is 17.1. The van der Waals surface area contributed by atoms with Crippen LogP contribution in [-0.4, -0.2) is 73.6 Å². The molecule has 5 heterocycles. The van der Waals surface area contributed by atoms with Crippen molar-refractivity contribution in [1.82, 2.24) is 25.9 Å². The van der Waals surface area contributed by atoms with Crippen molar-refractivity contribution in [2.45, 2.75) is 43.9 Å². The largest absolute Gasteiger partial charge is 0.494 e. The minimum absolute atomic E-state index is 0.108. The molecule has 0 radical (unpaired) electrons. The number of anilines is 3. The molecular formula is C51H54Cl2N8O4. The lowest BCUT2D eigenvalue weighted by Gasteiger charge is -2.11. The number of hydrogen-bond acceptors (Lipinski definition) is 9. The maximum Gasteiger partial charge on any atom is 0.274 e. The molecule has 14 heteroatoms. The molecule has 3 unspecified atom stereocenters. The van der Waals surface area contributed by atoms with E-state index in [9.17, 15) is 14.4 Å². The summed E-state index contributed by atoms with van der Waals surface area (Å²) in [5, 5.41) is 19.6. The summed E-state index contributed by atoms with van der Waals surface area (Å²) in [6.07, 6.45) is 6.45. The maximum atomic E-state index is 12.3. The van der Waals surface area contributed by atoms with Crippen molar-refractivity contribution in [3.05, 3.63) is 177 Å². The summed E-state index contributed by atoms with van der Waals surface area (Å²) in [5.41, 5.74) is 7.78. The van der Waals surface area contributed by atoms with Crippen molar-refractivity contribution in [1.29, 1.82) is 0 Å². The Morgan fingerprint density at radius 1 is 0.538 bits per heavy atom. The Morgan fingerprint density at radius 3 is 1.37 bits per heavy atom. The van der Waals surface area contributed by atoms with E-state index in [0.29, 0.717) is 51.4 Å². The summed E-state index contributed by atoms with van der Waals surface area (Å²) >= 11 is 11.5. The smallest absolute Gasteiger partial charge is 0.274 e. The minimum atomic E-state index is -0.234. The maximum absolute atomic E-state index is 12.3. The second kappa shape index (κ2) is 23.7. The summed E-state index contributed by atoms with van der Waals surface area (Å²) in [6.45, 7) is 8.89. The van der Waals surface area contributed by atoms with E-state index in [1.807, 2.05) is 55.5 Å². The number of nitrogens with zero attached hydrogens (tertiary/aromatic N) is 2. The highest BCUT2D eigenvalue weighted by molar-refractivity contribution is 6.30. The van der Waals surface area contributed by atoms with Crippen LogP contribution in [0.5, 0.6) is 5.75 Å². The number of rotatable bonds is 11. The lowest BCUT2D eigenvalue weighted by Crippen LogP contribution is -2.13. The average molecular weight is 914 g/mol. The molecule has 3 aliphatic heterocycles. The van der Waals surface area contributed by atoms with Gasteiger partial charge in [-0.05, 0) is 165 Å². The van der Waals surface area contributed by atoms with Crippen LogP contribution in [0.1, 0.15) is 91.8 Å². The summed E-state index contributed by atoms with van der Waals surface area (Å²) in [5.74, 6) is 1.99. The number of halogens is 2. The van der Waals surface area contributed by atoms with Gasteiger partial charge in [0.25, 0.3) is 17.7 Å². The molecule has 3 aliphatic rings. The highest BCUT2D eigenvalue weighted by atomic mass is 35.5. The first-order valence-corrected chi connectivity index (χ1v) is 22.8. The first-order valence-electron chi connectivity index (χ1n) is 22.0. The van der Waals surface area contributed by atoms with Gasteiger partial charge in [0.15, 0.2) is 0 Å². The molecule has 9 rings (SSSR count). The highest BCUT2D eigenvalue weighted by Crippen LogP contribution is 2.26. The number of ether oxygens (including phenoxy) is 1. The number of pyridine rings is 2. The van der Waals surface area contributed by atoms with E-state index in [-0.39, 0.29) is 17.7 Å². The van der Waals surface area contributed by atoms with Gasteiger partial charge in [-0.3, -0.25) is 14.4 Å². The number of carbonyl (C=O) groups is 3. The molecule has 0 spiro atoms. The number of hydrogen-bond donors (Lipinski definition) is 6. The van der Waals surface area contributed by atoms with E-state index in [1.165, 1.54) is 48.3 Å². The monoisotopic (exact) mass is 912 g/mol. The molecule has 3 saturated heterocycles. The Hall–Kier alpha value is -6.15. The van der Waals surface area contributed by atoms with Crippen LogP contribution in [0.4, 0.5) is 17.1 Å². The summed E-state index contributed by atoms with van der Waals surface area (Å²) in [7, 11) is 0. The second-order valence-corrected chi connectivity index (χ2v) is 16.8. The minimum Gasteiger partial charge on any atom is -0.494 e. The molecule has 0 aliphatic carbocycles. The van der Waals surface area contributed by atoms with E-state index >= 15 is 0 Å². The van der Waals surface area contributed by atoms with Gasteiger partial charge in [0.1, 0.15) is 16.6 Å². The fourth-order valence-electron chi connectivity index (χ4n) is 7.82. The molecule has 4 aromatic carbocycles. The third kappa shape index (κ3) is 13.9. The van der Waals surface area contributed by atoms with Crippen molar-refractivity contribution in [3.63, 3.8) is 0 Å². The van der Waals surface area contributed by atoms with Crippen molar-refractivity contribution >= 4 is 58.0 Å². The van der Waals surface area contributed by atoms with Crippen LogP contribution < -0.4 is 36.6 Å². The summed E-state index contributed by atoms with van der Waals surface area (Å²) < 4.78 is 5.38. The Bertz CT molecular complexity index is 2320. The van der Waals surface area contributed by atoms with Crippen LogP contribution in [-0.2, 0) is 0 Å². The molecule has 0 bridgehead atoms. The van der Waals surface area contributed by atoms with Gasteiger partial charge < -0.3 is 36.6 Å². The zero-order valence-corrected chi connectivity index (χ0v) is 37.8. The fraction of sp³-hybridized carbons (Fsp3) is 0.275. The van der Waals surface area contributed by atoms with Gasteiger partial charge in [-0.25, -0.2) is 9.97 Å². The number of benzene rings is 4. The zero-order chi connectivity index (χ0) is 45.4. The van der Waals surface area contributed by atoms with Gasteiger partial charge in [0.2, 0.25) is 0 Å². The summed E-state index contributed by atoms with van der Waals surface area (Å²) in [4.78, 5) is 44.3. The van der Waals surface area contributed by atoms with Crippen molar-refractivity contribution < 1.29 is 19.1 Å². The van der Waals surface area contributed by atoms with E-state index in [4.69, 9.17) is 27.9 Å². The SMILES string of the molecule is CCOc1ccc(C(=O)Nc2ccc(C3CCNC3)cc2)cc1.O=C(Nc1ccc(C2CCNC2)cc1)c1ccc(Cl)cn1.O=C(Nc1ccc(C2CCNC2)cc1)c1ccc(Cl)nc1. The molecular weight excluding hydrogens is 860 g/mol. The zero-order valence-electron chi connectivity index (χ0n) is 36.3. The Balaban J connectivity index is 0.000000146. The summed E-state index contributed by atoms with van der Waals surface area (Å²) in [6, 6.07) is 37.9. The molecule has 3 amide bonds. The molecule has 6 N–H and O–H groups in total. The molecule has 12 nitrogen and oxygen atoms in total. The molecule has 65 heavy (non-hydrogen) atoms. The van der Waals surface area contributed by atoms with Crippen LogP contribution in [0.15, 0.2) is 134 Å². The first kappa shape index (κ1) is 46.8. The van der Waals surface area contributed by atoms with Crippen LogP contribution in [0.25, 0.3) is 0 Å². The van der Waals surface area contributed by atoms with E-state index in [1.54, 1.807) is 36.4 Å². The molecule has 2 aromatic heterocycles. The third-order valence-electron chi connectivity index (χ3n) is 11.5. The molecule has 0 saturated carbocycles. The average Bonchev–Trinajstić information content (AvgIpc) is 4.18.